The van der Waals surface area contributed by atoms with E-state index in [1.54, 1.807) is 0 Å². The molecule has 0 aliphatic heterocycles. The lowest BCUT2D eigenvalue weighted by Gasteiger charge is -2.20. The number of aromatic nitrogens is 1. The number of halogens is 1. The second-order valence-electron chi connectivity index (χ2n) is 4.54. The van der Waals surface area contributed by atoms with Gasteiger partial charge in [-0.25, -0.2) is 4.98 Å². The number of anilines is 1. The molecule has 0 fully saturated rings. The molecule has 2 aromatic heterocycles. The SMILES string of the molecule is CNCc1cc(Br)cnc1N(C)Cc1ccc(C)o1. The lowest BCUT2D eigenvalue weighted by molar-refractivity contribution is 0.481. The quantitative estimate of drug-likeness (QED) is 0.918. The van der Waals surface area contributed by atoms with E-state index < -0.39 is 0 Å². The van der Waals surface area contributed by atoms with Gasteiger partial charge in [0, 0.05) is 29.8 Å². The first kappa shape index (κ1) is 14.1. The van der Waals surface area contributed by atoms with Gasteiger partial charge in [-0.3, -0.25) is 0 Å². The van der Waals surface area contributed by atoms with Gasteiger partial charge in [0.05, 0.1) is 6.54 Å². The fourth-order valence-corrected chi connectivity index (χ4v) is 2.40. The van der Waals surface area contributed by atoms with E-state index in [9.17, 15) is 0 Å². The molecular weight excluding hydrogens is 306 g/mol. The molecule has 2 aromatic rings. The van der Waals surface area contributed by atoms with Crippen molar-refractivity contribution in [3.63, 3.8) is 0 Å². The molecule has 0 bridgehead atoms. The minimum atomic E-state index is 0.708. The van der Waals surface area contributed by atoms with Crippen molar-refractivity contribution in [2.75, 3.05) is 19.0 Å². The standard InChI is InChI=1S/C14H18BrN3O/c1-10-4-5-13(19-10)9-18(3)14-11(7-16-2)6-12(15)8-17-14/h4-6,8,16H,7,9H2,1-3H3. The van der Waals surface area contributed by atoms with Crippen LogP contribution in [0.1, 0.15) is 17.1 Å². The van der Waals surface area contributed by atoms with Gasteiger partial charge in [-0.15, -0.1) is 0 Å². The van der Waals surface area contributed by atoms with Crippen LogP contribution in [0.15, 0.2) is 33.3 Å². The summed E-state index contributed by atoms with van der Waals surface area (Å²) in [7, 11) is 3.95. The van der Waals surface area contributed by atoms with Crippen molar-refractivity contribution in [1.29, 1.82) is 0 Å². The van der Waals surface area contributed by atoms with Crippen molar-refractivity contribution in [3.05, 3.63) is 46.0 Å². The van der Waals surface area contributed by atoms with Gasteiger partial charge in [0.1, 0.15) is 17.3 Å². The van der Waals surface area contributed by atoms with E-state index in [0.29, 0.717) is 6.54 Å². The van der Waals surface area contributed by atoms with Crippen molar-refractivity contribution in [2.45, 2.75) is 20.0 Å². The Morgan fingerprint density at radius 1 is 1.42 bits per heavy atom. The highest BCUT2D eigenvalue weighted by Gasteiger charge is 2.11. The van der Waals surface area contributed by atoms with Crippen molar-refractivity contribution < 1.29 is 4.42 Å². The molecule has 0 atom stereocenters. The summed E-state index contributed by atoms with van der Waals surface area (Å²) in [4.78, 5) is 6.59. The van der Waals surface area contributed by atoms with Gasteiger partial charge in [0.25, 0.3) is 0 Å². The average molecular weight is 324 g/mol. The van der Waals surface area contributed by atoms with Crippen LogP contribution in [-0.2, 0) is 13.1 Å². The first-order valence-electron chi connectivity index (χ1n) is 6.15. The zero-order valence-electron chi connectivity index (χ0n) is 11.4. The smallest absolute Gasteiger partial charge is 0.133 e. The number of hydrogen-bond donors (Lipinski definition) is 1. The van der Waals surface area contributed by atoms with Crippen molar-refractivity contribution in [2.24, 2.45) is 0 Å². The number of furan rings is 1. The highest BCUT2D eigenvalue weighted by molar-refractivity contribution is 9.10. The number of rotatable bonds is 5. The van der Waals surface area contributed by atoms with Gasteiger partial charge in [-0.05, 0) is 48.1 Å². The lowest BCUT2D eigenvalue weighted by atomic mass is 10.2. The predicted octanol–water partition coefficient (Wildman–Crippen LogP) is 3.10. The Balaban J connectivity index is 2.20. The van der Waals surface area contributed by atoms with Crippen molar-refractivity contribution >= 4 is 21.7 Å². The summed E-state index contributed by atoms with van der Waals surface area (Å²) in [5.74, 6) is 2.84. The van der Waals surface area contributed by atoms with Gasteiger partial charge >= 0.3 is 0 Å². The van der Waals surface area contributed by atoms with Gasteiger partial charge in [0.2, 0.25) is 0 Å². The summed E-state index contributed by atoms with van der Waals surface area (Å²) in [5, 5.41) is 3.16. The summed E-state index contributed by atoms with van der Waals surface area (Å²) in [6.45, 7) is 3.44. The first-order chi connectivity index (χ1) is 9.10. The van der Waals surface area contributed by atoms with Crippen molar-refractivity contribution in [3.8, 4) is 0 Å². The van der Waals surface area contributed by atoms with E-state index in [-0.39, 0.29) is 0 Å². The molecule has 2 heterocycles. The van der Waals surface area contributed by atoms with Crippen molar-refractivity contribution in [1.82, 2.24) is 10.3 Å². The Labute approximate surface area is 122 Å². The molecule has 102 valence electrons. The van der Waals surface area contributed by atoms with Crippen LogP contribution in [0.3, 0.4) is 0 Å². The Morgan fingerprint density at radius 3 is 2.84 bits per heavy atom. The summed E-state index contributed by atoms with van der Waals surface area (Å²) in [5.41, 5.74) is 1.16. The van der Waals surface area contributed by atoms with Crippen LogP contribution in [-0.4, -0.2) is 19.1 Å². The van der Waals surface area contributed by atoms with E-state index in [4.69, 9.17) is 4.42 Å². The molecule has 0 spiro atoms. The zero-order valence-corrected chi connectivity index (χ0v) is 13.0. The topological polar surface area (TPSA) is 41.3 Å². The van der Waals surface area contributed by atoms with Crippen LogP contribution in [0.25, 0.3) is 0 Å². The highest BCUT2D eigenvalue weighted by atomic mass is 79.9. The van der Waals surface area contributed by atoms with Crippen LogP contribution < -0.4 is 10.2 Å². The number of pyridine rings is 1. The Morgan fingerprint density at radius 2 is 2.21 bits per heavy atom. The van der Waals surface area contributed by atoms with E-state index in [1.807, 2.05) is 39.3 Å². The van der Waals surface area contributed by atoms with Crippen LogP contribution in [0.2, 0.25) is 0 Å². The van der Waals surface area contributed by atoms with Gasteiger partial charge in [0.15, 0.2) is 0 Å². The molecule has 4 nitrogen and oxygen atoms in total. The number of nitrogens with one attached hydrogen (secondary N) is 1. The maximum Gasteiger partial charge on any atom is 0.133 e. The van der Waals surface area contributed by atoms with Gasteiger partial charge < -0.3 is 14.6 Å². The fourth-order valence-electron chi connectivity index (χ4n) is 2.02. The van der Waals surface area contributed by atoms with Crippen LogP contribution in [0.5, 0.6) is 0 Å². The second-order valence-corrected chi connectivity index (χ2v) is 5.45. The highest BCUT2D eigenvalue weighted by Crippen LogP contribution is 2.22. The minimum absolute atomic E-state index is 0.708. The third kappa shape index (κ3) is 3.58. The largest absolute Gasteiger partial charge is 0.464 e. The predicted molar refractivity (Wildman–Crippen MR) is 80.3 cm³/mol. The molecule has 0 amide bonds. The molecule has 2 rings (SSSR count). The lowest BCUT2D eigenvalue weighted by Crippen LogP contribution is -2.20. The second kappa shape index (κ2) is 6.21. The minimum Gasteiger partial charge on any atom is -0.464 e. The molecular formula is C14H18BrN3O. The maximum atomic E-state index is 5.60. The summed E-state index contributed by atoms with van der Waals surface area (Å²) >= 11 is 3.46. The third-order valence-electron chi connectivity index (χ3n) is 2.83. The average Bonchev–Trinajstić information content (AvgIpc) is 2.75. The Bertz CT molecular complexity index is 553. The number of hydrogen-bond acceptors (Lipinski definition) is 4. The summed E-state index contributed by atoms with van der Waals surface area (Å²) < 4.78 is 6.59. The van der Waals surface area contributed by atoms with Crippen LogP contribution >= 0.6 is 15.9 Å². The molecule has 19 heavy (non-hydrogen) atoms. The molecule has 0 aromatic carbocycles. The monoisotopic (exact) mass is 323 g/mol. The van der Waals surface area contributed by atoms with E-state index in [1.165, 1.54) is 0 Å². The van der Waals surface area contributed by atoms with Crippen LogP contribution in [0, 0.1) is 6.92 Å². The van der Waals surface area contributed by atoms with E-state index in [2.05, 4.69) is 37.2 Å². The third-order valence-corrected chi connectivity index (χ3v) is 3.26. The molecule has 1 N–H and O–H groups in total. The number of nitrogens with zero attached hydrogens (tertiary/aromatic N) is 2. The summed E-state index contributed by atoms with van der Waals surface area (Å²) in [6, 6.07) is 6.07. The van der Waals surface area contributed by atoms with E-state index in [0.717, 1.165) is 33.9 Å². The van der Waals surface area contributed by atoms with E-state index >= 15 is 0 Å². The molecule has 0 radical (unpaired) electrons. The normalized spacial score (nSPS) is 10.7. The number of aryl methyl sites for hydroxylation is 1. The molecule has 5 heteroatoms. The molecule has 0 saturated carbocycles. The molecule has 0 aliphatic carbocycles. The Hall–Kier alpha value is -1.33. The zero-order chi connectivity index (χ0) is 13.8. The molecule has 0 aliphatic rings. The first-order valence-corrected chi connectivity index (χ1v) is 6.95. The van der Waals surface area contributed by atoms with Gasteiger partial charge in [-0.2, -0.15) is 0 Å². The fraction of sp³-hybridized carbons (Fsp3) is 0.357. The summed E-state index contributed by atoms with van der Waals surface area (Å²) in [6.07, 6.45) is 1.82. The molecule has 0 saturated heterocycles. The maximum absolute atomic E-state index is 5.60. The van der Waals surface area contributed by atoms with Gasteiger partial charge in [-0.1, -0.05) is 0 Å². The molecule has 0 unspecified atom stereocenters. The van der Waals surface area contributed by atoms with Crippen LogP contribution in [0.4, 0.5) is 5.82 Å². The Kier molecular flexibility index (Phi) is 4.61.